The standard InChI is InChI=1S/C17H15ClN2O5/c1-10(11-4-5-13-14(7-11)25-9-24-13)20-15(21)8-23-17(22)12-3-2-6-19-16(12)18/h2-7,10H,8-9H2,1H3,(H,20,21)/t10-/m1/s1. The van der Waals surface area contributed by atoms with Crippen LogP contribution in [0.1, 0.15) is 28.9 Å². The molecule has 0 bridgehead atoms. The number of hydrogen-bond donors (Lipinski definition) is 1. The number of nitrogens with one attached hydrogen (secondary N) is 1. The highest BCUT2D eigenvalue weighted by Gasteiger charge is 2.18. The van der Waals surface area contributed by atoms with Crippen LogP contribution in [0.2, 0.25) is 5.15 Å². The lowest BCUT2D eigenvalue weighted by atomic mass is 10.1. The average Bonchev–Trinajstić information content (AvgIpc) is 3.07. The van der Waals surface area contributed by atoms with Crippen LogP contribution < -0.4 is 14.8 Å². The lowest BCUT2D eigenvalue weighted by Crippen LogP contribution is -2.31. The Morgan fingerprint density at radius 2 is 2.12 bits per heavy atom. The third-order valence-corrected chi connectivity index (χ3v) is 3.89. The van der Waals surface area contributed by atoms with Crippen LogP contribution in [0, 0.1) is 0 Å². The fourth-order valence-electron chi connectivity index (χ4n) is 2.30. The van der Waals surface area contributed by atoms with Crippen molar-refractivity contribution in [1.29, 1.82) is 0 Å². The molecule has 1 aromatic carbocycles. The summed E-state index contributed by atoms with van der Waals surface area (Å²) < 4.78 is 15.5. The zero-order chi connectivity index (χ0) is 17.8. The van der Waals surface area contributed by atoms with Gasteiger partial charge in [0, 0.05) is 6.20 Å². The number of carbonyl (C=O) groups excluding carboxylic acids is 2. The van der Waals surface area contributed by atoms with Crippen molar-refractivity contribution in [1.82, 2.24) is 10.3 Å². The highest BCUT2D eigenvalue weighted by atomic mass is 35.5. The Morgan fingerprint density at radius 3 is 2.92 bits per heavy atom. The SMILES string of the molecule is C[C@@H](NC(=O)COC(=O)c1cccnc1Cl)c1ccc2c(c1)OCO2. The Labute approximate surface area is 148 Å². The molecule has 8 heteroatoms. The van der Waals surface area contributed by atoms with Crippen molar-refractivity contribution < 1.29 is 23.8 Å². The predicted octanol–water partition coefficient (Wildman–Crippen LogP) is 2.50. The van der Waals surface area contributed by atoms with Gasteiger partial charge in [0.1, 0.15) is 5.15 Å². The van der Waals surface area contributed by atoms with E-state index in [1.807, 2.05) is 13.0 Å². The molecule has 0 saturated heterocycles. The molecule has 7 nitrogen and oxygen atoms in total. The number of rotatable bonds is 5. The van der Waals surface area contributed by atoms with Gasteiger partial charge in [0.25, 0.3) is 5.91 Å². The van der Waals surface area contributed by atoms with Crippen LogP contribution in [0.3, 0.4) is 0 Å². The molecule has 1 N–H and O–H groups in total. The van der Waals surface area contributed by atoms with E-state index >= 15 is 0 Å². The second-order valence-corrected chi connectivity index (χ2v) is 5.68. The van der Waals surface area contributed by atoms with Crippen LogP contribution in [0.5, 0.6) is 11.5 Å². The fraction of sp³-hybridized carbons (Fsp3) is 0.235. The van der Waals surface area contributed by atoms with Crippen molar-refractivity contribution in [3.05, 3.63) is 52.8 Å². The summed E-state index contributed by atoms with van der Waals surface area (Å²) in [6, 6.07) is 8.16. The van der Waals surface area contributed by atoms with Crippen molar-refractivity contribution in [2.75, 3.05) is 13.4 Å². The predicted molar refractivity (Wildman–Crippen MR) is 88.7 cm³/mol. The molecule has 1 amide bonds. The Balaban J connectivity index is 1.54. The summed E-state index contributed by atoms with van der Waals surface area (Å²) in [6.45, 7) is 1.58. The lowest BCUT2D eigenvalue weighted by molar-refractivity contribution is -0.124. The van der Waals surface area contributed by atoms with E-state index in [-0.39, 0.29) is 23.6 Å². The minimum Gasteiger partial charge on any atom is -0.454 e. The Bertz CT molecular complexity index is 811. The first-order valence-corrected chi connectivity index (χ1v) is 7.89. The van der Waals surface area contributed by atoms with Gasteiger partial charge in [-0.15, -0.1) is 0 Å². The molecule has 0 saturated carbocycles. The zero-order valence-electron chi connectivity index (χ0n) is 13.3. The largest absolute Gasteiger partial charge is 0.454 e. The number of pyridine rings is 1. The molecule has 3 rings (SSSR count). The fourth-order valence-corrected chi connectivity index (χ4v) is 2.49. The summed E-state index contributed by atoms with van der Waals surface area (Å²) >= 11 is 5.81. The van der Waals surface area contributed by atoms with Crippen LogP contribution in [0.4, 0.5) is 0 Å². The number of halogens is 1. The van der Waals surface area contributed by atoms with Gasteiger partial charge in [0.2, 0.25) is 6.79 Å². The number of aromatic nitrogens is 1. The number of benzene rings is 1. The smallest absolute Gasteiger partial charge is 0.341 e. The Kier molecular flexibility index (Phi) is 5.04. The number of nitrogens with zero attached hydrogens (tertiary/aromatic N) is 1. The molecule has 2 aromatic rings. The Morgan fingerprint density at radius 1 is 1.32 bits per heavy atom. The number of hydrogen-bond acceptors (Lipinski definition) is 6. The maximum absolute atomic E-state index is 12.0. The van der Waals surface area contributed by atoms with Crippen molar-refractivity contribution in [3.8, 4) is 11.5 Å². The van der Waals surface area contributed by atoms with Gasteiger partial charge in [0.15, 0.2) is 18.1 Å². The summed E-state index contributed by atoms with van der Waals surface area (Å²) in [4.78, 5) is 27.7. The Hall–Kier alpha value is -2.80. The van der Waals surface area contributed by atoms with E-state index in [4.69, 9.17) is 25.8 Å². The highest BCUT2D eigenvalue weighted by molar-refractivity contribution is 6.32. The van der Waals surface area contributed by atoms with Gasteiger partial charge in [-0.1, -0.05) is 17.7 Å². The maximum atomic E-state index is 12.0. The highest BCUT2D eigenvalue weighted by Crippen LogP contribution is 2.34. The third kappa shape index (κ3) is 4.00. The van der Waals surface area contributed by atoms with Crippen LogP contribution in [0.15, 0.2) is 36.5 Å². The van der Waals surface area contributed by atoms with E-state index in [0.717, 1.165) is 5.56 Å². The van der Waals surface area contributed by atoms with E-state index in [1.54, 1.807) is 18.2 Å². The number of ether oxygens (including phenoxy) is 3. The molecule has 1 atom stereocenters. The second-order valence-electron chi connectivity index (χ2n) is 5.32. The van der Waals surface area contributed by atoms with Gasteiger partial charge in [-0.25, -0.2) is 9.78 Å². The molecule has 1 aliphatic rings. The van der Waals surface area contributed by atoms with Crippen molar-refractivity contribution >= 4 is 23.5 Å². The van der Waals surface area contributed by atoms with Gasteiger partial charge < -0.3 is 19.5 Å². The maximum Gasteiger partial charge on any atom is 0.341 e. The summed E-state index contributed by atoms with van der Waals surface area (Å²) in [5.41, 5.74) is 0.958. The molecule has 1 aromatic heterocycles. The van der Waals surface area contributed by atoms with E-state index < -0.39 is 18.5 Å². The summed E-state index contributed by atoms with van der Waals surface area (Å²) in [5, 5.41) is 2.78. The van der Waals surface area contributed by atoms with E-state index in [9.17, 15) is 9.59 Å². The minimum atomic E-state index is -0.705. The van der Waals surface area contributed by atoms with E-state index in [1.165, 1.54) is 12.3 Å². The monoisotopic (exact) mass is 362 g/mol. The average molecular weight is 363 g/mol. The molecule has 0 aliphatic carbocycles. The normalized spacial score (nSPS) is 13.2. The van der Waals surface area contributed by atoms with Crippen LogP contribution in [-0.4, -0.2) is 30.3 Å². The number of fused-ring (bicyclic) bond motifs is 1. The topological polar surface area (TPSA) is 86.8 Å². The van der Waals surface area contributed by atoms with Crippen LogP contribution >= 0.6 is 11.6 Å². The number of carbonyl (C=O) groups is 2. The second kappa shape index (κ2) is 7.40. The molecule has 0 spiro atoms. The molecule has 25 heavy (non-hydrogen) atoms. The van der Waals surface area contributed by atoms with Crippen molar-refractivity contribution in [2.24, 2.45) is 0 Å². The van der Waals surface area contributed by atoms with Crippen molar-refractivity contribution in [2.45, 2.75) is 13.0 Å². The lowest BCUT2D eigenvalue weighted by Gasteiger charge is -2.15. The minimum absolute atomic E-state index is 0.0293. The quantitative estimate of drug-likeness (QED) is 0.649. The van der Waals surface area contributed by atoms with Gasteiger partial charge in [-0.05, 0) is 36.8 Å². The van der Waals surface area contributed by atoms with Gasteiger partial charge >= 0.3 is 5.97 Å². The summed E-state index contributed by atoms with van der Waals surface area (Å²) in [6.07, 6.45) is 1.46. The molecule has 0 unspecified atom stereocenters. The van der Waals surface area contributed by atoms with Crippen molar-refractivity contribution in [3.63, 3.8) is 0 Å². The van der Waals surface area contributed by atoms with Crippen LogP contribution in [-0.2, 0) is 9.53 Å². The number of amides is 1. The first-order chi connectivity index (χ1) is 12.0. The van der Waals surface area contributed by atoms with Gasteiger partial charge in [-0.2, -0.15) is 0 Å². The molecule has 0 radical (unpaired) electrons. The summed E-state index contributed by atoms with van der Waals surface area (Å²) in [7, 11) is 0. The number of esters is 1. The molecule has 1 aliphatic heterocycles. The van der Waals surface area contributed by atoms with E-state index in [0.29, 0.717) is 11.5 Å². The molecule has 130 valence electrons. The molecule has 0 fully saturated rings. The summed E-state index contributed by atoms with van der Waals surface area (Å²) in [5.74, 6) is 0.170. The molecular weight excluding hydrogens is 348 g/mol. The van der Waals surface area contributed by atoms with E-state index in [2.05, 4.69) is 10.3 Å². The zero-order valence-corrected chi connectivity index (χ0v) is 14.1. The van der Waals surface area contributed by atoms with Crippen LogP contribution in [0.25, 0.3) is 0 Å². The van der Waals surface area contributed by atoms with Gasteiger partial charge in [-0.3, -0.25) is 4.79 Å². The van der Waals surface area contributed by atoms with Gasteiger partial charge in [0.05, 0.1) is 11.6 Å². The molecule has 2 heterocycles. The first kappa shape index (κ1) is 17.0. The third-order valence-electron chi connectivity index (χ3n) is 3.59. The molecular formula is C17H15ClN2O5. The first-order valence-electron chi connectivity index (χ1n) is 7.51.